The summed E-state index contributed by atoms with van der Waals surface area (Å²) in [6.07, 6.45) is 3.57. The molecule has 0 aliphatic carbocycles. The second-order valence-corrected chi connectivity index (χ2v) is 7.65. The fraction of sp³-hybridized carbons (Fsp3) is 0.200. The van der Waals surface area contributed by atoms with Crippen molar-refractivity contribution in [2.24, 2.45) is 0 Å². The smallest absolute Gasteiger partial charge is 0.344 e. The minimum atomic E-state index is -0.352. The van der Waals surface area contributed by atoms with E-state index < -0.39 is 0 Å². The molecule has 1 aliphatic rings. The van der Waals surface area contributed by atoms with Gasteiger partial charge in [0.1, 0.15) is 23.8 Å². The number of benzene rings is 2. The van der Waals surface area contributed by atoms with Crippen molar-refractivity contribution in [1.29, 1.82) is 0 Å². The molecule has 2 aromatic carbocycles. The Morgan fingerprint density at radius 2 is 1.84 bits per heavy atom. The highest BCUT2D eigenvalue weighted by Gasteiger charge is 2.24. The minimum absolute atomic E-state index is 0.352. The monoisotopic (exact) mass is 414 g/mol. The van der Waals surface area contributed by atoms with Gasteiger partial charge in [-0.3, -0.25) is 9.88 Å². The normalized spacial score (nSPS) is 13.6. The van der Waals surface area contributed by atoms with Gasteiger partial charge in [-0.15, -0.1) is 0 Å². The highest BCUT2D eigenvalue weighted by molar-refractivity contribution is 5.90. The number of aryl methyl sites for hydroxylation is 1. The van der Waals surface area contributed by atoms with Crippen LogP contribution in [0.15, 0.2) is 70.1 Å². The lowest BCUT2D eigenvalue weighted by Crippen LogP contribution is -2.31. The molecule has 31 heavy (non-hydrogen) atoms. The highest BCUT2D eigenvalue weighted by Crippen LogP contribution is 2.36. The van der Waals surface area contributed by atoms with Crippen molar-refractivity contribution < 1.29 is 13.9 Å². The SMILES string of the molecule is COc1ccc(-c2c(C)c3ccc4c(c3oc2=O)CN(Cc2ccncc2)CO4)cc1. The number of ether oxygens (including phenoxy) is 2. The number of hydrogen-bond donors (Lipinski definition) is 0. The molecule has 1 aliphatic heterocycles. The summed E-state index contributed by atoms with van der Waals surface area (Å²) in [6.45, 7) is 3.81. The Bertz CT molecular complexity index is 1300. The Labute approximate surface area is 179 Å². The van der Waals surface area contributed by atoms with E-state index in [9.17, 15) is 4.79 Å². The maximum atomic E-state index is 13.0. The minimum Gasteiger partial charge on any atom is -0.497 e. The summed E-state index contributed by atoms with van der Waals surface area (Å²) in [5, 5.41) is 0.915. The molecule has 3 heterocycles. The number of pyridine rings is 1. The summed E-state index contributed by atoms with van der Waals surface area (Å²) in [4.78, 5) is 19.2. The summed E-state index contributed by atoms with van der Waals surface area (Å²) < 4.78 is 17.1. The zero-order chi connectivity index (χ0) is 21.4. The van der Waals surface area contributed by atoms with Crippen molar-refractivity contribution in [2.45, 2.75) is 20.0 Å². The van der Waals surface area contributed by atoms with Gasteiger partial charge in [0.25, 0.3) is 0 Å². The molecule has 0 fully saturated rings. The van der Waals surface area contributed by atoms with Gasteiger partial charge in [0, 0.05) is 30.9 Å². The van der Waals surface area contributed by atoms with Gasteiger partial charge in [-0.25, -0.2) is 4.79 Å². The van der Waals surface area contributed by atoms with Gasteiger partial charge in [0.05, 0.1) is 18.2 Å². The van der Waals surface area contributed by atoms with E-state index in [1.54, 1.807) is 19.5 Å². The van der Waals surface area contributed by atoms with Gasteiger partial charge < -0.3 is 13.9 Å². The maximum Gasteiger partial charge on any atom is 0.344 e. The lowest BCUT2D eigenvalue weighted by atomic mass is 9.97. The van der Waals surface area contributed by atoms with E-state index in [1.165, 1.54) is 0 Å². The Kier molecular flexibility index (Phi) is 4.92. The first-order chi connectivity index (χ1) is 15.1. The molecule has 5 rings (SSSR count). The van der Waals surface area contributed by atoms with Gasteiger partial charge in [-0.2, -0.15) is 0 Å². The summed E-state index contributed by atoms with van der Waals surface area (Å²) in [7, 11) is 1.62. The molecule has 6 heteroatoms. The second kappa shape index (κ2) is 7.89. The first kappa shape index (κ1) is 19.3. The molecule has 2 aromatic heterocycles. The number of rotatable bonds is 4. The van der Waals surface area contributed by atoms with Crippen LogP contribution >= 0.6 is 0 Å². The molecular formula is C25H22N2O4. The Hall–Kier alpha value is -3.64. The average molecular weight is 414 g/mol. The molecule has 0 unspecified atom stereocenters. The molecule has 4 aromatic rings. The van der Waals surface area contributed by atoms with Crippen molar-refractivity contribution in [2.75, 3.05) is 13.8 Å². The van der Waals surface area contributed by atoms with Crippen LogP contribution in [0.25, 0.3) is 22.1 Å². The molecule has 0 amide bonds. The van der Waals surface area contributed by atoms with E-state index in [0.717, 1.165) is 45.7 Å². The fourth-order valence-electron chi connectivity index (χ4n) is 4.11. The fourth-order valence-corrected chi connectivity index (χ4v) is 4.11. The quantitative estimate of drug-likeness (QED) is 0.458. The van der Waals surface area contributed by atoms with Crippen molar-refractivity contribution in [3.63, 3.8) is 0 Å². The largest absolute Gasteiger partial charge is 0.497 e. The number of nitrogens with zero attached hydrogens (tertiary/aromatic N) is 2. The molecular weight excluding hydrogens is 392 g/mol. The van der Waals surface area contributed by atoms with Gasteiger partial charge in [-0.05, 0) is 60.0 Å². The van der Waals surface area contributed by atoms with Gasteiger partial charge in [0.2, 0.25) is 0 Å². The van der Waals surface area contributed by atoms with Crippen LogP contribution in [0.3, 0.4) is 0 Å². The van der Waals surface area contributed by atoms with Gasteiger partial charge in [0.15, 0.2) is 0 Å². The van der Waals surface area contributed by atoms with Gasteiger partial charge in [-0.1, -0.05) is 12.1 Å². The number of fused-ring (bicyclic) bond motifs is 3. The molecule has 6 nitrogen and oxygen atoms in total. The van der Waals surface area contributed by atoms with Crippen LogP contribution < -0.4 is 15.1 Å². The lowest BCUT2D eigenvalue weighted by Gasteiger charge is -2.29. The Balaban J connectivity index is 1.56. The third-order valence-electron chi connectivity index (χ3n) is 5.71. The summed E-state index contributed by atoms with van der Waals surface area (Å²) >= 11 is 0. The third kappa shape index (κ3) is 3.55. The number of aromatic nitrogens is 1. The molecule has 0 bridgehead atoms. The van der Waals surface area contributed by atoms with Crippen LogP contribution in [0.2, 0.25) is 0 Å². The molecule has 0 atom stereocenters. The lowest BCUT2D eigenvalue weighted by molar-refractivity contribution is 0.0889. The van der Waals surface area contributed by atoms with Crippen LogP contribution in [0.4, 0.5) is 0 Å². The first-order valence-corrected chi connectivity index (χ1v) is 10.1. The van der Waals surface area contributed by atoms with Crippen LogP contribution in [-0.4, -0.2) is 23.7 Å². The maximum absolute atomic E-state index is 13.0. The molecule has 0 N–H and O–H groups in total. The standard InChI is InChI=1S/C25H22N2O4/c1-16-20-7-8-22-21(14-27(15-30-22)13-17-9-11-26-12-10-17)24(20)31-25(28)23(16)18-3-5-19(29-2)6-4-18/h3-12H,13-15H2,1-2H3. The van der Waals surface area contributed by atoms with E-state index in [-0.39, 0.29) is 5.63 Å². The third-order valence-corrected chi connectivity index (χ3v) is 5.71. The van der Waals surface area contributed by atoms with E-state index in [1.807, 2.05) is 55.5 Å². The van der Waals surface area contributed by atoms with Crippen molar-refractivity contribution in [3.05, 3.63) is 88.0 Å². The zero-order valence-electron chi connectivity index (χ0n) is 17.4. The van der Waals surface area contributed by atoms with Crippen molar-refractivity contribution >= 4 is 11.0 Å². The molecule has 0 saturated carbocycles. The Morgan fingerprint density at radius 1 is 1.06 bits per heavy atom. The van der Waals surface area contributed by atoms with Crippen LogP contribution in [0, 0.1) is 6.92 Å². The summed E-state index contributed by atoms with van der Waals surface area (Å²) in [6, 6.07) is 15.4. The summed E-state index contributed by atoms with van der Waals surface area (Å²) in [5.41, 5.74) is 4.57. The van der Waals surface area contributed by atoms with Crippen molar-refractivity contribution in [1.82, 2.24) is 9.88 Å². The first-order valence-electron chi connectivity index (χ1n) is 10.1. The molecule has 156 valence electrons. The Morgan fingerprint density at radius 3 is 2.58 bits per heavy atom. The van der Waals surface area contributed by atoms with Crippen LogP contribution in [0.5, 0.6) is 11.5 Å². The number of methoxy groups -OCH3 is 1. The molecule has 0 saturated heterocycles. The predicted molar refractivity (Wildman–Crippen MR) is 118 cm³/mol. The van der Waals surface area contributed by atoms with E-state index in [2.05, 4.69) is 9.88 Å². The van der Waals surface area contributed by atoms with E-state index in [4.69, 9.17) is 13.9 Å². The van der Waals surface area contributed by atoms with E-state index >= 15 is 0 Å². The van der Waals surface area contributed by atoms with Crippen molar-refractivity contribution in [3.8, 4) is 22.6 Å². The average Bonchev–Trinajstić information content (AvgIpc) is 2.80. The van der Waals surface area contributed by atoms with Crippen LogP contribution in [0.1, 0.15) is 16.7 Å². The second-order valence-electron chi connectivity index (χ2n) is 7.65. The van der Waals surface area contributed by atoms with Crippen LogP contribution in [-0.2, 0) is 13.1 Å². The predicted octanol–water partition coefficient (Wildman–Crippen LogP) is 4.52. The molecule has 0 spiro atoms. The highest BCUT2D eigenvalue weighted by atomic mass is 16.5. The zero-order valence-corrected chi connectivity index (χ0v) is 17.4. The van der Waals surface area contributed by atoms with Gasteiger partial charge >= 0.3 is 5.63 Å². The summed E-state index contributed by atoms with van der Waals surface area (Å²) in [5.74, 6) is 1.50. The number of hydrogen-bond acceptors (Lipinski definition) is 6. The topological polar surface area (TPSA) is 64.8 Å². The van der Waals surface area contributed by atoms with E-state index in [0.29, 0.717) is 24.4 Å². The molecule has 0 radical (unpaired) electrons.